The second-order valence-electron chi connectivity index (χ2n) is 15.4. The van der Waals surface area contributed by atoms with Crippen LogP contribution in [0.2, 0.25) is 0 Å². The minimum atomic E-state index is -3.81. The van der Waals surface area contributed by atoms with E-state index in [0.717, 1.165) is 33.5 Å². The van der Waals surface area contributed by atoms with Gasteiger partial charge in [-0.25, -0.2) is 12.8 Å². The van der Waals surface area contributed by atoms with Gasteiger partial charge in [0.2, 0.25) is 10.0 Å². The number of nitrogens with one attached hydrogen (secondary N) is 3. The van der Waals surface area contributed by atoms with Gasteiger partial charge in [-0.1, -0.05) is 121 Å². The Hall–Kier alpha value is -7.92. The molecule has 0 aliphatic rings. The molecule has 5 aromatic carbocycles. The number of aryl methyl sites for hydroxylation is 3. The van der Waals surface area contributed by atoms with Gasteiger partial charge in [-0.3, -0.25) is 33.3 Å². The van der Waals surface area contributed by atoms with E-state index in [0.29, 0.717) is 17.7 Å². The number of carbonyl (C=O) groups excluding carboxylic acids is 2. The number of amides is 2. The van der Waals surface area contributed by atoms with Gasteiger partial charge < -0.3 is 20.8 Å². The topological polar surface area (TPSA) is 215 Å². The highest BCUT2D eigenvalue weighted by atomic mass is 32.2. The van der Waals surface area contributed by atoms with Gasteiger partial charge in [0.15, 0.2) is 11.4 Å². The summed E-state index contributed by atoms with van der Waals surface area (Å²) >= 11 is 0. The Morgan fingerprint density at radius 3 is 1.73 bits per heavy atom. The van der Waals surface area contributed by atoms with Gasteiger partial charge in [0.05, 0.1) is 48.6 Å². The van der Waals surface area contributed by atoms with Crippen LogP contribution < -0.4 is 15.4 Å². The number of carboxylic acids is 2. The first-order valence-electron chi connectivity index (χ1n) is 20.7. The Morgan fingerprint density at radius 1 is 0.667 bits per heavy atom. The van der Waals surface area contributed by atoms with Crippen LogP contribution in [-0.4, -0.2) is 61.9 Å². The van der Waals surface area contributed by atoms with Crippen molar-refractivity contribution in [3.63, 3.8) is 0 Å². The summed E-state index contributed by atoms with van der Waals surface area (Å²) in [5.41, 5.74) is 6.17. The molecule has 0 bridgehead atoms. The second kappa shape index (κ2) is 21.6. The summed E-state index contributed by atoms with van der Waals surface area (Å²) in [5, 5.41) is 32.8. The van der Waals surface area contributed by atoms with E-state index in [9.17, 15) is 42.2 Å². The molecule has 2 atom stereocenters. The van der Waals surface area contributed by atoms with Crippen molar-refractivity contribution in [2.45, 2.75) is 51.1 Å². The van der Waals surface area contributed by atoms with Crippen LogP contribution in [0.4, 0.5) is 10.1 Å². The summed E-state index contributed by atoms with van der Waals surface area (Å²) in [6.45, 7) is 4.04. The van der Waals surface area contributed by atoms with Crippen LogP contribution in [-0.2, 0) is 39.0 Å². The second-order valence-corrected chi connectivity index (χ2v) is 17.2. The van der Waals surface area contributed by atoms with Gasteiger partial charge in [-0.15, -0.1) is 0 Å². The summed E-state index contributed by atoms with van der Waals surface area (Å²) < 4.78 is 44.0. The zero-order valence-corrected chi connectivity index (χ0v) is 37.1. The minimum absolute atomic E-state index is 0.0137. The van der Waals surface area contributed by atoms with E-state index < -0.39 is 45.9 Å². The van der Waals surface area contributed by atoms with Crippen LogP contribution in [0.5, 0.6) is 0 Å². The predicted octanol–water partition coefficient (Wildman–Crippen LogP) is 7.61. The molecule has 0 radical (unpaired) electrons. The Kier molecular flexibility index (Phi) is 15.6. The van der Waals surface area contributed by atoms with Gasteiger partial charge >= 0.3 is 11.9 Å². The Morgan fingerprint density at radius 2 is 1.18 bits per heavy atom. The normalized spacial score (nSPS) is 11.9. The number of halogens is 1. The first-order valence-corrected chi connectivity index (χ1v) is 22.3. The van der Waals surface area contributed by atoms with Crippen molar-refractivity contribution in [3.05, 3.63) is 196 Å². The molecular weight excluding hydrogens is 866 g/mol. The molecule has 0 fully saturated rings. The monoisotopic (exact) mass is 913 g/mol. The fourth-order valence-electron chi connectivity index (χ4n) is 7.22. The van der Waals surface area contributed by atoms with E-state index in [1.54, 1.807) is 72.4 Å². The third-order valence-corrected chi connectivity index (χ3v) is 11.6. The number of carbonyl (C=O) groups is 4. The van der Waals surface area contributed by atoms with Crippen molar-refractivity contribution in [2.75, 3.05) is 4.72 Å². The molecule has 7 aromatic rings. The number of rotatable bonds is 17. The molecule has 66 heavy (non-hydrogen) atoms. The van der Waals surface area contributed by atoms with Crippen LogP contribution in [0.1, 0.15) is 79.3 Å². The first kappa shape index (κ1) is 47.6. The highest BCUT2D eigenvalue weighted by Crippen LogP contribution is 2.26. The van der Waals surface area contributed by atoms with E-state index >= 15 is 0 Å². The van der Waals surface area contributed by atoms with Crippen molar-refractivity contribution in [1.82, 2.24) is 30.2 Å². The molecule has 0 saturated heterocycles. The standard InChI is InChI=1S/C27H24FN3O3.C22H24N4O5S/c1-18-7-5-6-10-22(18)23(16-26(32)33)29-27(34)24-15-25(20-8-3-2-4-9-20)31(30-24)17-19-11-13-21(28)14-12-19;1-15-8-6-7-11-17(15)18(12-20(27)28)23-22(29)21-19(13-26(2)24-21)25-32(30,31)14-16-9-4-3-5-10-16/h2-15,23H,16-17H2,1H3,(H,29,34)(H,32,33);3-11,13,18,25H,12,14H2,1-2H3,(H,23,29)(H,27,28)/t23-;18-/m00/s1. The number of anilines is 1. The molecule has 17 heteroatoms. The fourth-order valence-corrected chi connectivity index (χ4v) is 8.41. The van der Waals surface area contributed by atoms with Crippen LogP contribution in [0, 0.1) is 19.7 Å². The lowest BCUT2D eigenvalue weighted by molar-refractivity contribution is -0.138. The molecular formula is C49H48FN7O8S. The number of aliphatic carboxylic acids is 2. The van der Waals surface area contributed by atoms with E-state index in [1.807, 2.05) is 80.6 Å². The lowest BCUT2D eigenvalue weighted by Gasteiger charge is -2.19. The summed E-state index contributed by atoms with van der Waals surface area (Å²) in [4.78, 5) is 49.0. The Balaban J connectivity index is 0.000000219. The third-order valence-electron chi connectivity index (χ3n) is 10.3. The Bertz CT molecular complexity index is 2920. The average Bonchev–Trinajstić information content (AvgIpc) is 3.87. The SMILES string of the molecule is Cc1ccccc1[C@H](CC(=O)O)NC(=O)c1cc(-c2ccccc2)n(Cc2ccc(F)cc2)n1.Cc1ccccc1[C@H](CC(=O)O)NC(=O)c1nn(C)cc1NS(=O)(=O)Cc1ccccc1. The van der Waals surface area contributed by atoms with E-state index in [2.05, 4.69) is 25.6 Å². The molecule has 2 aromatic heterocycles. The molecule has 2 heterocycles. The van der Waals surface area contributed by atoms with E-state index in [-0.39, 0.29) is 41.5 Å². The molecule has 7 rings (SSSR count). The summed E-state index contributed by atoms with van der Waals surface area (Å²) in [5.74, 6) is -3.84. The highest BCUT2D eigenvalue weighted by Gasteiger charge is 2.26. The lowest BCUT2D eigenvalue weighted by atomic mass is 9.98. The number of aromatic nitrogens is 4. The fraction of sp³-hybridized carbons (Fsp3) is 0.184. The largest absolute Gasteiger partial charge is 0.481 e. The van der Waals surface area contributed by atoms with Crippen LogP contribution in [0.15, 0.2) is 146 Å². The zero-order valence-electron chi connectivity index (χ0n) is 36.3. The number of sulfonamides is 1. The number of hydrogen-bond acceptors (Lipinski definition) is 8. The maximum atomic E-state index is 13.3. The summed E-state index contributed by atoms with van der Waals surface area (Å²) in [7, 11) is -2.26. The third kappa shape index (κ3) is 13.1. The molecule has 0 aliphatic heterocycles. The number of hydrogen-bond donors (Lipinski definition) is 5. The average molecular weight is 914 g/mol. The highest BCUT2D eigenvalue weighted by molar-refractivity contribution is 7.91. The van der Waals surface area contributed by atoms with Crippen molar-refractivity contribution >= 4 is 39.5 Å². The molecule has 0 spiro atoms. The lowest BCUT2D eigenvalue weighted by Crippen LogP contribution is -2.31. The maximum Gasteiger partial charge on any atom is 0.305 e. The quantitative estimate of drug-likeness (QED) is 0.0603. The van der Waals surface area contributed by atoms with Crippen LogP contribution >= 0.6 is 0 Å². The number of carboxylic acid groups (broad SMARTS) is 2. The van der Waals surface area contributed by atoms with Crippen molar-refractivity contribution in [1.29, 1.82) is 0 Å². The van der Waals surface area contributed by atoms with E-state index in [1.165, 1.54) is 23.0 Å². The van der Waals surface area contributed by atoms with Gasteiger partial charge in [-0.2, -0.15) is 10.2 Å². The van der Waals surface area contributed by atoms with Crippen LogP contribution in [0.25, 0.3) is 11.3 Å². The maximum absolute atomic E-state index is 13.3. The molecule has 2 amide bonds. The van der Waals surface area contributed by atoms with Gasteiger partial charge in [0, 0.05) is 13.2 Å². The van der Waals surface area contributed by atoms with Gasteiger partial charge in [0.25, 0.3) is 11.8 Å². The van der Waals surface area contributed by atoms with Crippen molar-refractivity contribution in [3.8, 4) is 11.3 Å². The summed E-state index contributed by atoms with van der Waals surface area (Å²) in [6, 6.07) is 38.9. The van der Waals surface area contributed by atoms with E-state index in [4.69, 9.17) is 0 Å². The Labute approximate surface area is 381 Å². The summed E-state index contributed by atoms with van der Waals surface area (Å²) in [6.07, 6.45) is 0.800. The molecule has 0 aliphatic carbocycles. The molecule has 340 valence electrons. The van der Waals surface area contributed by atoms with Crippen LogP contribution in [0.3, 0.4) is 0 Å². The van der Waals surface area contributed by atoms with Gasteiger partial charge in [0.1, 0.15) is 5.82 Å². The molecule has 0 saturated carbocycles. The van der Waals surface area contributed by atoms with Crippen molar-refractivity contribution in [2.24, 2.45) is 7.05 Å². The smallest absolute Gasteiger partial charge is 0.305 e. The molecule has 5 N–H and O–H groups in total. The number of benzene rings is 5. The zero-order chi connectivity index (χ0) is 47.4. The minimum Gasteiger partial charge on any atom is -0.481 e. The van der Waals surface area contributed by atoms with Crippen molar-refractivity contribution < 1.29 is 42.2 Å². The van der Waals surface area contributed by atoms with Gasteiger partial charge in [-0.05, 0) is 71.0 Å². The first-order chi connectivity index (χ1) is 31.5. The number of nitrogens with zero attached hydrogens (tertiary/aromatic N) is 4. The molecule has 15 nitrogen and oxygen atoms in total. The predicted molar refractivity (Wildman–Crippen MR) is 246 cm³/mol. The molecule has 0 unspecified atom stereocenters.